The number of aliphatic hydroxyl groups excluding tert-OH is 4. The Morgan fingerprint density at radius 3 is 0.893 bits per heavy atom. The number of aliphatic hydroxyl groups is 4. The van der Waals surface area contributed by atoms with Gasteiger partial charge in [-0.3, -0.25) is 0 Å². The van der Waals surface area contributed by atoms with Crippen molar-refractivity contribution in [1.29, 1.82) is 0 Å². The first-order valence-corrected chi connectivity index (χ1v) is 18.1. The van der Waals surface area contributed by atoms with Crippen LogP contribution in [0.15, 0.2) is 122 Å². The Labute approximate surface area is 320 Å². The van der Waals surface area contributed by atoms with Crippen LogP contribution < -0.4 is 18.3 Å². The smallest absolute Gasteiger partial charge is 0.250 e. The summed E-state index contributed by atoms with van der Waals surface area (Å²) < 4.78 is 6.76. The van der Waals surface area contributed by atoms with Crippen molar-refractivity contribution in [1.82, 2.24) is 19.9 Å². The van der Waals surface area contributed by atoms with Crippen molar-refractivity contribution >= 4 is 46.4 Å². The molecule has 0 atom stereocenters. The highest BCUT2D eigenvalue weighted by Gasteiger charge is 2.21. The van der Waals surface area contributed by atoms with E-state index in [-0.39, 0.29) is 26.9 Å². The van der Waals surface area contributed by atoms with Gasteiger partial charge in [0.1, 0.15) is 0 Å². The molecule has 6 N–H and O–H groups in total. The van der Waals surface area contributed by atoms with Crippen LogP contribution in [0.25, 0.3) is 90.9 Å². The van der Waals surface area contributed by atoms with Crippen LogP contribution in [0.1, 0.15) is 22.8 Å². The van der Waals surface area contributed by atoms with Crippen molar-refractivity contribution in [2.45, 2.75) is 26.9 Å². The molecule has 0 amide bonds. The molecule has 2 aliphatic heterocycles. The number of hydrogen-bond acceptors (Lipinski definition) is 6. The highest BCUT2D eigenvalue weighted by atomic mass is 16.3. The highest BCUT2D eigenvalue weighted by molar-refractivity contribution is 6.00. The quantitative estimate of drug-likeness (QED) is 0.128. The number of aromatic amines is 2. The summed E-state index contributed by atoms with van der Waals surface area (Å²) in [7, 11) is 0. The summed E-state index contributed by atoms with van der Waals surface area (Å²) in [5.74, 6) is 0. The molecular weight excluding hydrogens is 705 g/mol. The lowest BCUT2D eigenvalue weighted by atomic mass is 10.0. The van der Waals surface area contributed by atoms with Gasteiger partial charge in [-0.25, -0.2) is 9.97 Å². The van der Waals surface area contributed by atoms with Crippen molar-refractivity contribution in [3.8, 4) is 44.5 Å². The molecule has 8 bridgehead atoms. The minimum absolute atomic E-state index is 0.137. The fraction of sp³-hybridized carbons (Fsp3) is 0.0909. The second-order valence-electron chi connectivity index (χ2n) is 13.5. The molecule has 9 heterocycles. The lowest BCUT2D eigenvalue weighted by Gasteiger charge is -2.06. The molecule has 12 nitrogen and oxygen atoms in total. The van der Waals surface area contributed by atoms with Gasteiger partial charge in [0.05, 0.1) is 22.8 Å². The van der Waals surface area contributed by atoms with Crippen LogP contribution in [0.3, 0.4) is 0 Å². The number of rotatable bonds is 8. The SMILES string of the molecule is OC[n+]1ccc(-c2c3nc(c(-c4cc[n+](CO)cc4)c4ccc([nH]4)c(-c4cc[n+](CO)cc4)c4ccc([nH]4)c(-c4cc[n+](CO)cc4)c4nc2C=C4)C=C3)cc1. The van der Waals surface area contributed by atoms with Crippen LogP contribution in [-0.2, 0) is 26.9 Å². The van der Waals surface area contributed by atoms with Crippen LogP contribution in [0.2, 0.25) is 0 Å². The standard InChI is InChI=1S/C44H37N8O4/c53-25-49-17-9-29(10-18-49)41-33-1-2-34(45-33)42(30-11-19-50(26-54)20-12-30)36-5-6-38(47-36)44(32-15-23-52(28-56)24-16-32)40-8-7-39(48-40)43(37-4-3-35(41)46-37)31-13-21-51(27-55)22-14-31/h1-24,53-56H,25-28H2,(H,45,46,47,48)/q+3/p+1. The van der Waals surface area contributed by atoms with Crippen molar-refractivity contribution in [2.24, 2.45) is 0 Å². The van der Waals surface area contributed by atoms with E-state index in [2.05, 4.69) is 34.2 Å². The summed E-state index contributed by atoms with van der Waals surface area (Å²) >= 11 is 0. The number of hydrogen-bond donors (Lipinski definition) is 6. The van der Waals surface area contributed by atoms with Gasteiger partial charge >= 0.3 is 0 Å². The van der Waals surface area contributed by atoms with Crippen molar-refractivity contribution in [3.63, 3.8) is 0 Å². The maximum absolute atomic E-state index is 9.80. The van der Waals surface area contributed by atoms with Gasteiger partial charge in [-0.2, -0.15) is 18.3 Å². The molecule has 7 aromatic heterocycles. The summed E-state index contributed by atoms with van der Waals surface area (Å²) in [6.07, 6.45) is 22.8. The van der Waals surface area contributed by atoms with Gasteiger partial charge in [0.2, 0.25) is 26.9 Å². The predicted molar refractivity (Wildman–Crippen MR) is 210 cm³/mol. The van der Waals surface area contributed by atoms with E-state index >= 15 is 0 Å². The molecule has 56 heavy (non-hydrogen) atoms. The summed E-state index contributed by atoms with van der Waals surface area (Å²) in [5, 5.41) is 39.2. The van der Waals surface area contributed by atoms with E-state index in [0.717, 1.165) is 89.4 Å². The predicted octanol–water partition coefficient (Wildman–Crippen LogP) is 4.27. The molecule has 0 aliphatic carbocycles. The second kappa shape index (κ2) is 14.7. The van der Waals surface area contributed by atoms with E-state index in [4.69, 9.17) is 9.97 Å². The third-order valence-corrected chi connectivity index (χ3v) is 10.1. The monoisotopic (exact) mass is 742 g/mol. The molecule has 0 saturated carbocycles. The zero-order valence-electron chi connectivity index (χ0n) is 30.2. The van der Waals surface area contributed by atoms with Crippen LogP contribution in [-0.4, -0.2) is 40.4 Å². The van der Waals surface area contributed by atoms with Gasteiger partial charge < -0.3 is 30.4 Å². The maximum atomic E-state index is 9.80. The zero-order valence-corrected chi connectivity index (χ0v) is 30.2. The number of nitrogens with one attached hydrogen (secondary N) is 2. The lowest BCUT2D eigenvalue weighted by molar-refractivity contribution is -0.730. The fourth-order valence-electron chi connectivity index (χ4n) is 7.29. The van der Waals surface area contributed by atoms with E-state index in [1.807, 2.05) is 122 Å². The van der Waals surface area contributed by atoms with Crippen molar-refractivity contribution in [3.05, 3.63) is 145 Å². The second-order valence-corrected chi connectivity index (χ2v) is 13.5. The Kier molecular flexibility index (Phi) is 9.13. The normalized spacial score (nSPS) is 12.1. The lowest BCUT2D eigenvalue weighted by Crippen LogP contribution is -2.32. The van der Waals surface area contributed by atoms with Gasteiger partial charge in [0.25, 0.3) is 0 Å². The minimum atomic E-state index is -0.146. The molecule has 12 heteroatoms. The van der Waals surface area contributed by atoms with E-state index < -0.39 is 0 Å². The van der Waals surface area contributed by atoms with Crippen molar-refractivity contribution < 1.29 is 38.7 Å². The van der Waals surface area contributed by atoms with Crippen LogP contribution >= 0.6 is 0 Å². The number of H-pyrrole nitrogens is 2. The first-order chi connectivity index (χ1) is 27.5. The summed E-state index contributed by atoms with van der Waals surface area (Å²) in [6, 6.07) is 24.0. The Morgan fingerprint density at radius 2 is 0.589 bits per heavy atom. The minimum Gasteiger partial charge on any atom is -0.354 e. The summed E-state index contributed by atoms with van der Waals surface area (Å²) in [4.78, 5) is 18.1. The number of aromatic nitrogens is 8. The van der Waals surface area contributed by atoms with E-state index in [1.54, 1.807) is 18.3 Å². The Balaban J connectivity index is 1.44. The van der Waals surface area contributed by atoms with Crippen LogP contribution in [0.5, 0.6) is 0 Å². The third kappa shape index (κ3) is 6.38. The molecule has 274 valence electrons. The summed E-state index contributed by atoms with van der Waals surface area (Å²) in [6.45, 7) is -0.567. The van der Waals surface area contributed by atoms with E-state index in [1.165, 1.54) is 0 Å². The van der Waals surface area contributed by atoms with Crippen molar-refractivity contribution in [2.75, 3.05) is 0 Å². The van der Waals surface area contributed by atoms with E-state index in [9.17, 15) is 20.4 Å². The number of pyridine rings is 4. The molecule has 0 fully saturated rings. The van der Waals surface area contributed by atoms with Gasteiger partial charge in [0.15, 0.2) is 49.6 Å². The molecular formula is C44H38N8O4+4. The zero-order chi connectivity index (χ0) is 38.2. The van der Waals surface area contributed by atoms with Crippen LogP contribution in [0, 0.1) is 0 Å². The third-order valence-electron chi connectivity index (χ3n) is 10.1. The molecule has 0 radical (unpaired) electrons. The molecule has 9 rings (SSSR count). The fourth-order valence-corrected chi connectivity index (χ4v) is 7.29. The van der Waals surface area contributed by atoms with Gasteiger partial charge in [-0.1, -0.05) is 0 Å². The molecule has 0 aromatic carbocycles. The topological polar surface area (TPSA) is 154 Å². The Hall–Kier alpha value is -6.96. The molecule has 2 aliphatic rings. The average molecular weight is 743 g/mol. The summed E-state index contributed by atoms with van der Waals surface area (Å²) in [5.41, 5.74) is 13.5. The van der Waals surface area contributed by atoms with Gasteiger partial charge in [0, 0.05) is 92.9 Å². The first-order valence-electron chi connectivity index (χ1n) is 18.1. The highest BCUT2D eigenvalue weighted by Crippen LogP contribution is 2.38. The van der Waals surface area contributed by atoms with Gasteiger partial charge in [-0.15, -0.1) is 0 Å². The average Bonchev–Trinajstić information content (AvgIpc) is 4.10. The molecule has 7 aromatic rings. The molecule has 0 saturated heterocycles. The molecule has 0 unspecified atom stereocenters. The Bertz CT molecular complexity index is 2680. The Morgan fingerprint density at radius 1 is 0.339 bits per heavy atom. The van der Waals surface area contributed by atoms with Crippen LogP contribution in [0.4, 0.5) is 0 Å². The number of nitrogens with zero attached hydrogens (tertiary/aromatic N) is 6. The van der Waals surface area contributed by atoms with E-state index in [0.29, 0.717) is 0 Å². The van der Waals surface area contributed by atoms with Gasteiger partial charge in [-0.05, 0) is 70.8 Å². The maximum Gasteiger partial charge on any atom is 0.250 e. The first kappa shape index (κ1) is 34.8. The largest absolute Gasteiger partial charge is 0.354 e. The molecule has 0 spiro atoms. The number of fused-ring (bicyclic) bond motifs is 8.